The molecule has 2 aromatic carbocycles. The summed E-state index contributed by atoms with van der Waals surface area (Å²) in [6, 6.07) is 10.3. The molecule has 0 bridgehead atoms. The predicted octanol–water partition coefficient (Wildman–Crippen LogP) is 3.23. The highest BCUT2D eigenvalue weighted by Gasteiger charge is 2.03. The van der Waals surface area contributed by atoms with Gasteiger partial charge in [0.15, 0.2) is 0 Å². The molecule has 0 aliphatic carbocycles. The summed E-state index contributed by atoms with van der Waals surface area (Å²) in [7, 11) is 0. The van der Waals surface area contributed by atoms with E-state index in [1.54, 1.807) is 12.1 Å². The maximum absolute atomic E-state index is 13.1. The smallest absolute Gasteiger partial charge is 0.133 e. The second-order valence-corrected chi connectivity index (χ2v) is 4.61. The van der Waals surface area contributed by atoms with Gasteiger partial charge in [-0.25, -0.2) is 8.78 Å². The second kappa shape index (κ2) is 7.71. The van der Waals surface area contributed by atoms with Crippen molar-refractivity contribution in [2.75, 3.05) is 13.2 Å². The van der Waals surface area contributed by atoms with Crippen molar-refractivity contribution >= 4 is 0 Å². The average molecular weight is 293 g/mol. The zero-order chi connectivity index (χ0) is 15.1. The number of halogens is 2. The van der Waals surface area contributed by atoms with Crippen LogP contribution in [0.1, 0.15) is 12.0 Å². The Labute approximate surface area is 122 Å². The van der Waals surface area contributed by atoms with Crippen molar-refractivity contribution in [2.45, 2.75) is 13.0 Å². The summed E-state index contributed by atoms with van der Waals surface area (Å²) >= 11 is 0. The van der Waals surface area contributed by atoms with E-state index in [0.29, 0.717) is 18.7 Å². The minimum Gasteiger partial charge on any atom is -0.457 e. The number of aliphatic hydroxyl groups excluding tert-OH is 1. The molecule has 21 heavy (non-hydrogen) atoms. The van der Waals surface area contributed by atoms with Crippen LogP contribution in [-0.2, 0) is 6.54 Å². The van der Waals surface area contributed by atoms with Crippen LogP contribution in [0, 0.1) is 11.6 Å². The van der Waals surface area contributed by atoms with Crippen LogP contribution in [-0.4, -0.2) is 18.3 Å². The van der Waals surface area contributed by atoms with E-state index in [9.17, 15) is 8.78 Å². The summed E-state index contributed by atoms with van der Waals surface area (Å²) in [5.74, 6) is -0.704. The average Bonchev–Trinajstić information content (AvgIpc) is 2.44. The summed E-state index contributed by atoms with van der Waals surface area (Å²) in [6.07, 6.45) is 0.715. The van der Waals surface area contributed by atoms with Gasteiger partial charge in [-0.15, -0.1) is 0 Å². The molecule has 0 aliphatic rings. The molecule has 0 unspecified atom stereocenters. The Morgan fingerprint density at radius 3 is 2.24 bits per heavy atom. The molecule has 0 fully saturated rings. The molecule has 0 saturated heterocycles. The third-order valence-electron chi connectivity index (χ3n) is 2.84. The molecular weight excluding hydrogens is 276 g/mol. The predicted molar refractivity (Wildman–Crippen MR) is 76.3 cm³/mol. The molecular formula is C16H17F2NO2. The molecule has 5 heteroatoms. The highest BCUT2D eigenvalue weighted by atomic mass is 19.1. The van der Waals surface area contributed by atoms with E-state index >= 15 is 0 Å². The Bertz CT molecular complexity index is 553. The van der Waals surface area contributed by atoms with Gasteiger partial charge < -0.3 is 15.2 Å². The van der Waals surface area contributed by atoms with Gasteiger partial charge in [-0.2, -0.15) is 0 Å². The largest absolute Gasteiger partial charge is 0.457 e. The summed E-state index contributed by atoms with van der Waals surface area (Å²) < 4.78 is 31.5. The van der Waals surface area contributed by atoms with E-state index in [1.807, 2.05) is 12.1 Å². The molecule has 3 nitrogen and oxygen atoms in total. The van der Waals surface area contributed by atoms with Gasteiger partial charge >= 0.3 is 0 Å². The molecule has 2 aromatic rings. The van der Waals surface area contributed by atoms with Crippen molar-refractivity contribution in [2.24, 2.45) is 0 Å². The van der Waals surface area contributed by atoms with Crippen molar-refractivity contribution in [3.8, 4) is 11.5 Å². The number of hydrogen-bond donors (Lipinski definition) is 2. The Balaban J connectivity index is 1.92. The Morgan fingerprint density at radius 1 is 0.952 bits per heavy atom. The van der Waals surface area contributed by atoms with Crippen molar-refractivity contribution in [1.29, 1.82) is 0 Å². The second-order valence-electron chi connectivity index (χ2n) is 4.61. The zero-order valence-electron chi connectivity index (χ0n) is 11.5. The molecule has 0 atom stereocenters. The van der Waals surface area contributed by atoms with E-state index < -0.39 is 11.6 Å². The van der Waals surface area contributed by atoms with Gasteiger partial charge in [0.2, 0.25) is 0 Å². The monoisotopic (exact) mass is 293 g/mol. The van der Waals surface area contributed by atoms with E-state index in [-0.39, 0.29) is 12.4 Å². The molecule has 0 heterocycles. The minimum absolute atomic E-state index is 0.126. The maximum atomic E-state index is 13.1. The topological polar surface area (TPSA) is 41.5 Å². The summed E-state index contributed by atoms with van der Waals surface area (Å²) in [4.78, 5) is 0. The first kappa shape index (κ1) is 15.4. The van der Waals surface area contributed by atoms with E-state index in [1.165, 1.54) is 0 Å². The fourth-order valence-corrected chi connectivity index (χ4v) is 1.84. The zero-order valence-corrected chi connectivity index (χ0v) is 11.5. The molecule has 0 saturated carbocycles. The summed E-state index contributed by atoms with van der Waals surface area (Å²) in [5.41, 5.74) is 1.06. The fourth-order valence-electron chi connectivity index (χ4n) is 1.84. The first-order valence-electron chi connectivity index (χ1n) is 6.72. The first-order chi connectivity index (χ1) is 10.2. The van der Waals surface area contributed by atoms with E-state index in [0.717, 1.165) is 30.3 Å². The number of hydrogen-bond acceptors (Lipinski definition) is 3. The summed E-state index contributed by atoms with van der Waals surface area (Å²) in [5, 5.41) is 11.9. The Morgan fingerprint density at radius 2 is 1.62 bits per heavy atom. The standard InChI is InChI=1S/C16H17F2NO2/c17-13-8-14(18)10-16(9-13)21-15-4-2-12(3-5-15)11-19-6-1-7-20/h2-5,8-10,19-20H,1,6-7,11H2. The van der Waals surface area contributed by atoms with Crippen LogP contribution in [0.25, 0.3) is 0 Å². The van der Waals surface area contributed by atoms with Crippen molar-refractivity contribution < 1.29 is 18.6 Å². The fraction of sp³-hybridized carbons (Fsp3) is 0.250. The molecule has 0 aliphatic heterocycles. The normalized spacial score (nSPS) is 10.6. The molecule has 0 amide bonds. The van der Waals surface area contributed by atoms with Crippen molar-refractivity contribution in [3.63, 3.8) is 0 Å². The number of rotatable bonds is 7. The SMILES string of the molecule is OCCCNCc1ccc(Oc2cc(F)cc(F)c2)cc1. The van der Waals surface area contributed by atoms with E-state index in [2.05, 4.69) is 5.32 Å². The van der Waals surface area contributed by atoms with Gasteiger partial charge in [-0.05, 0) is 30.7 Å². The molecule has 0 aromatic heterocycles. The Kier molecular flexibility index (Phi) is 5.66. The van der Waals surface area contributed by atoms with E-state index in [4.69, 9.17) is 9.84 Å². The van der Waals surface area contributed by atoms with Gasteiger partial charge in [-0.3, -0.25) is 0 Å². The molecule has 112 valence electrons. The third-order valence-corrected chi connectivity index (χ3v) is 2.84. The lowest BCUT2D eigenvalue weighted by atomic mass is 10.2. The van der Waals surface area contributed by atoms with Gasteiger partial charge in [0, 0.05) is 31.4 Å². The van der Waals surface area contributed by atoms with Crippen LogP contribution in [0.15, 0.2) is 42.5 Å². The lowest BCUT2D eigenvalue weighted by molar-refractivity contribution is 0.286. The molecule has 2 N–H and O–H groups in total. The quantitative estimate of drug-likeness (QED) is 0.770. The van der Waals surface area contributed by atoms with Gasteiger partial charge in [-0.1, -0.05) is 12.1 Å². The number of nitrogens with one attached hydrogen (secondary N) is 1. The maximum Gasteiger partial charge on any atom is 0.133 e. The highest BCUT2D eigenvalue weighted by Crippen LogP contribution is 2.23. The summed E-state index contributed by atoms with van der Waals surface area (Å²) in [6.45, 7) is 1.61. The third kappa shape index (κ3) is 5.13. The van der Waals surface area contributed by atoms with Crippen molar-refractivity contribution in [1.82, 2.24) is 5.32 Å². The van der Waals surface area contributed by atoms with Crippen LogP contribution in [0.5, 0.6) is 11.5 Å². The number of aliphatic hydroxyl groups is 1. The van der Waals surface area contributed by atoms with Gasteiger partial charge in [0.25, 0.3) is 0 Å². The van der Waals surface area contributed by atoms with Crippen LogP contribution >= 0.6 is 0 Å². The van der Waals surface area contributed by atoms with Crippen LogP contribution in [0.3, 0.4) is 0 Å². The number of ether oxygens (including phenoxy) is 1. The highest BCUT2D eigenvalue weighted by molar-refractivity contribution is 5.33. The van der Waals surface area contributed by atoms with Gasteiger partial charge in [0.1, 0.15) is 23.1 Å². The lowest BCUT2D eigenvalue weighted by Crippen LogP contribution is -2.15. The molecule has 2 rings (SSSR count). The minimum atomic E-state index is -0.672. The van der Waals surface area contributed by atoms with Crippen molar-refractivity contribution in [3.05, 3.63) is 59.7 Å². The van der Waals surface area contributed by atoms with Crippen LogP contribution < -0.4 is 10.1 Å². The van der Waals surface area contributed by atoms with Gasteiger partial charge in [0.05, 0.1) is 0 Å². The van der Waals surface area contributed by atoms with Crippen LogP contribution in [0.2, 0.25) is 0 Å². The lowest BCUT2D eigenvalue weighted by Gasteiger charge is -2.08. The molecule has 0 spiro atoms. The van der Waals surface area contributed by atoms with Crippen LogP contribution in [0.4, 0.5) is 8.78 Å². The Hall–Kier alpha value is -1.98. The number of benzene rings is 2. The first-order valence-corrected chi connectivity index (χ1v) is 6.72. The molecule has 0 radical (unpaired) electrons.